The van der Waals surface area contributed by atoms with Gasteiger partial charge in [0, 0.05) is 31.4 Å². The van der Waals surface area contributed by atoms with Gasteiger partial charge in [0.15, 0.2) is 0 Å². The molecule has 1 heterocycles. The molecule has 0 spiro atoms. The zero-order valence-electron chi connectivity index (χ0n) is 14.3. The van der Waals surface area contributed by atoms with Crippen molar-refractivity contribution in [1.29, 1.82) is 0 Å². The molecule has 1 N–H and O–H groups in total. The highest BCUT2D eigenvalue weighted by atomic mass is 35.5. The largest absolute Gasteiger partial charge is 0.382 e. The zero-order valence-corrected chi connectivity index (χ0v) is 15.0. The highest BCUT2D eigenvalue weighted by Gasteiger charge is 2.13. The molecule has 2 rings (SSSR count). The molecule has 0 radical (unpaired) electrons. The molecule has 0 fully saturated rings. The van der Waals surface area contributed by atoms with E-state index >= 15 is 0 Å². The molecule has 25 heavy (non-hydrogen) atoms. The van der Waals surface area contributed by atoms with Crippen molar-refractivity contribution in [2.75, 3.05) is 19.8 Å². The van der Waals surface area contributed by atoms with Crippen LogP contribution in [0.4, 0.5) is 4.39 Å². The van der Waals surface area contributed by atoms with Crippen LogP contribution in [0.1, 0.15) is 24.6 Å². The van der Waals surface area contributed by atoms with Crippen molar-refractivity contribution in [2.24, 2.45) is 0 Å². The number of ether oxygens (including phenoxy) is 1. The number of hydrogen-bond acceptors (Lipinski definition) is 3. The van der Waals surface area contributed by atoms with Crippen LogP contribution in [0.25, 0.3) is 11.8 Å². The minimum absolute atomic E-state index is 0.207. The highest BCUT2D eigenvalue weighted by Crippen LogP contribution is 2.24. The second-order valence-electron chi connectivity index (χ2n) is 5.35. The molecule has 1 aromatic carbocycles. The minimum Gasteiger partial charge on any atom is -0.382 e. The fraction of sp³-hybridized carbons (Fsp3) is 0.333. The number of halogens is 2. The molecule has 0 unspecified atom stereocenters. The number of carbonyl (C=O) groups is 1. The Kier molecular flexibility index (Phi) is 7.16. The summed E-state index contributed by atoms with van der Waals surface area (Å²) in [6, 6.07) is 5.86. The Bertz CT molecular complexity index is 742. The van der Waals surface area contributed by atoms with Crippen LogP contribution < -0.4 is 5.32 Å². The Balaban J connectivity index is 2.02. The number of rotatable bonds is 8. The van der Waals surface area contributed by atoms with Gasteiger partial charge in [-0.15, -0.1) is 0 Å². The lowest BCUT2D eigenvalue weighted by Crippen LogP contribution is -2.23. The molecule has 0 aliphatic rings. The number of nitrogens with zero attached hydrogens (tertiary/aromatic N) is 2. The second kappa shape index (κ2) is 9.34. The van der Waals surface area contributed by atoms with Crippen LogP contribution in [0, 0.1) is 12.7 Å². The summed E-state index contributed by atoms with van der Waals surface area (Å²) in [6.07, 6.45) is 3.81. The summed E-state index contributed by atoms with van der Waals surface area (Å²) in [4.78, 5) is 11.8. The molecule has 134 valence electrons. The van der Waals surface area contributed by atoms with E-state index in [0.29, 0.717) is 41.9 Å². The molecular weight excluding hydrogens is 345 g/mol. The summed E-state index contributed by atoms with van der Waals surface area (Å²) in [5, 5.41) is 7.49. The Labute approximate surface area is 151 Å². The van der Waals surface area contributed by atoms with Crippen LogP contribution in [-0.4, -0.2) is 35.4 Å². The maximum atomic E-state index is 13.0. The van der Waals surface area contributed by atoms with E-state index in [9.17, 15) is 9.18 Å². The smallest absolute Gasteiger partial charge is 0.244 e. The summed E-state index contributed by atoms with van der Waals surface area (Å²) in [6.45, 7) is 5.56. The monoisotopic (exact) mass is 365 g/mol. The van der Waals surface area contributed by atoms with Crippen molar-refractivity contribution in [3.63, 3.8) is 0 Å². The van der Waals surface area contributed by atoms with E-state index in [4.69, 9.17) is 16.3 Å². The van der Waals surface area contributed by atoms with Gasteiger partial charge in [-0.3, -0.25) is 4.79 Å². The number of nitrogens with one attached hydrogen (secondary N) is 1. The fourth-order valence-electron chi connectivity index (χ4n) is 2.20. The topological polar surface area (TPSA) is 56.1 Å². The van der Waals surface area contributed by atoms with Gasteiger partial charge >= 0.3 is 0 Å². The van der Waals surface area contributed by atoms with Crippen molar-refractivity contribution in [3.05, 3.63) is 52.6 Å². The van der Waals surface area contributed by atoms with Crippen LogP contribution >= 0.6 is 11.6 Å². The molecule has 1 aromatic heterocycles. The van der Waals surface area contributed by atoms with Gasteiger partial charge in [-0.25, -0.2) is 9.07 Å². The minimum atomic E-state index is -0.329. The summed E-state index contributed by atoms with van der Waals surface area (Å²) in [7, 11) is 0. The van der Waals surface area contributed by atoms with Crippen LogP contribution in [0.3, 0.4) is 0 Å². The van der Waals surface area contributed by atoms with Gasteiger partial charge in [0.2, 0.25) is 5.91 Å². The van der Waals surface area contributed by atoms with Crippen LogP contribution in [-0.2, 0) is 9.53 Å². The van der Waals surface area contributed by atoms with Crippen LogP contribution in [0.15, 0.2) is 30.3 Å². The molecule has 0 atom stereocenters. The summed E-state index contributed by atoms with van der Waals surface area (Å²) >= 11 is 6.36. The van der Waals surface area contributed by atoms with E-state index in [1.807, 2.05) is 6.92 Å². The maximum Gasteiger partial charge on any atom is 0.244 e. The van der Waals surface area contributed by atoms with Crippen molar-refractivity contribution < 1.29 is 13.9 Å². The van der Waals surface area contributed by atoms with Crippen molar-refractivity contribution in [3.8, 4) is 5.69 Å². The van der Waals surface area contributed by atoms with E-state index in [1.54, 1.807) is 25.1 Å². The number of benzene rings is 1. The number of aromatic nitrogens is 2. The lowest BCUT2D eigenvalue weighted by Gasteiger charge is -2.03. The molecule has 5 nitrogen and oxygen atoms in total. The third-order valence-corrected chi connectivity index (χ3v) is 3.85. The highest BCUT2D eigenvalue weighted by molar-refractivity contribution is 6.31. The molecule has 0 bridgehead atoms. The van der Waals surface area contributed by atoms with Gasteiger partial charge in [-0.1, -0.05) is 11.6 Å². The number of amides is 1. The molecular formula is C18H21ClFN3O2. The number of hydrogen-bond donors (Lipinski definition) is 1. The third kappa shape index (κ3) is 5.41. The first kappa shape index (κ1) is 19.1. The van der Waals surface area contributed by atoms with E-state index in [-0.39, 0.29) is 11.7 Å². The molecule has 2 aromatic rings. The van der Waals surface area contributed by atoms with Crippen LogP contribution in [0.5, 0.6) is 0 Å². The average molecular weight is 366 g/mol. The van der Waals surface area contributed by atoms with Gasteiger partial charge < -0.3 is 10.1 Å². The predicted molar refractivity (Wildman–Crippen MR) is 96.4 cm³/mol. The first-order chi connectivity index (χ1) is 12.0. The van der Waals surface area contributed by atoms with E-state index in [2.05, 4.69) is 10.4 Å². The molecule has 7 heteroatoms. The first-order valence-corrected chi connectivity index (χ1v) is 8.45. The average Bonchev–Trinajstić information content (AvgIpc) is 2.88. The van der Waals surface area contributed by atoms with E-state index < -0.39 is 0 Å². The predicted octanol–water partition coefficient (Wildman–Crippen LogP) is 3.53. The lowest BCUT2D eigenvalue weighted by atomic mass is 10.2. The van der Waals surface area contributed by atoms with Gasteiger partial charge in [0.1, 0.15) is 11.0 Å². The van der Waals surface area contributed by atoms with Crippen LogP contribution in [0.2, 0.25) is 5.15 Å². The van der Waals surface area contributed by atoms with E-state index in [1.165, 1.54) is 22.9 Å². The van der Waals surface area contributed by atoms with Crippen molar-refractivity contribution in [2.45, 2.75) is 20.3 Å². The lowest BCUT2D eigenvalue weighted by molar-refractivity contribution is -0.116. The molecule has 0 saturated carbocycles. The first-order valence-electron chi connectivity index (χ1n) is 8.07. The standard InChI is InChI=1S/C18H21ClFN3O2/c1-3-25-12-4-11-21-17(24)10-9-16-13(2)22-23(18(16)19)15-7-5-14(20)6-8-15/h5-10H,3-4,11-12H2,1-2H3,(H,21,24)/b10-9+. The molecule has 0 aliphatic heterocycles. The maximum absolute atomic E-state index is 13.0. The molecule has 0 saturated heterocycles. The van der Waals surface area contributed by atoms with Gasteiger partial charge in [0.05, 0.1) is 11.4 Å². The SMILES string of the molecule is CCOCCCNC(=O)/C=C/c1c(C)nn(-c2ccc(F)cc2)c1Cl. The fourth-order valence-corrected chi connectivity index (χ4v) is 2.54. The van der Waals surface area contributed by atoms with Crippen molar-refractivity contribution >= 4 is 23.6 Å². The summed E-state index contributed by atoms with van der Waals surface area (Å²) in [5.74, 6) is -0.536. The number of aryl methyl sites for hydroxylation is 1. The Morgan fingerprint density at radius 3 is 2.80 bits per heavy atom. The van der Waals surface area contributed by atoms with Gasteiger partial charge in [-0.05, 0) is 50.6 Å². The second-order valence-corrected chi connectivity index (χ2v) is 5.71. The zero-order chi connectivity index (χ0) is 18.2. The Hall–Kier alpha value is -2.18. The quantitative estimate of drug-likeness (QED) is 0.575. The molecule has 0 aliphatic carbocycles. The van der Waals surface area contributed by atoms with Crippen molar-refractivity contribution in [1.82, 2.24) is 15.1 Å². The number of carbonyl (C=O) groups excluding carboxylic acids is 1. The van der Waals surface area contributed by atoms with Gasteiger partial charge in [0.25, 0.3) is 0 Å². The van der Waals surface area contributed by atoms with Gasteiger partial charge in [-0.2, -0.15) is 5.10 Å². The summed E-state index contributed by atoms with van der Waals surface area (Å²) < 4.78 is 19.8. The normalized spacial score (nSPS) is 11.2. The molecule has 1 amide bonds. The third-order valence-electron chi connectivity index (χ3n) is 3.49. The summed E-state index contributed by atoms with van der Waals surface area (Å²) in [5.41, 5.74) is 1.97. The Morgan fingerprint density at radius 2 is 2.12 bits per heavy atom. The Morgan fingerprint density at radius 1 is 1.40 bits per heavy atom. The van der Waals surface area contributed by atoms with E-state index in [0.717, 1.165) is 6.42 Å².